The van der Waals surface area contributed by atoms with E-state index >= 15 is 0 Å². The molecule has 0 aromatic heterocycles. The number of phenolic OH excluding ortho intramolecular Hbond substituents is 1. The van der Waals surface area contributed by atoms with Crippen LogP contribution in [0.3, 0.4) is 0 Å². The van der Waals surface area contributed by atoms with E-state index in [-0.39, 0.29) is 5.41 Å². The van der Waals surface area contributed by atoms with Crippen LogP contribution in [0.25, 0.3) is 0 Å². The van der Waals surface area contributed by atoms with E-state index in [9.17, 15) is 5.11 Å². The minimum Gasteiger partial charge on any atom is -0.507 e. The summed E-state index contributed by atoms with van der Waals surface area (Å²) in [7, 11) is 0. The van der Waals surface area contributed by atoms with Crippen molar-refractivity contribution in [2.24, 2.45) is 5.92 Å². The van der Waals surface area contributed by atoms with Gasteiger partial charge in [-0.05, 0) is 35.3 Å². The Morgan fingerprint density at radius 3 is 2.31 bits per heavy atom. The van der Waals surface area contributed by atoms with Gasteiger partial charge in [0.1, 0.15) is 5.75 Å². The Morgan fingerprint density at radius 2 is 1.81 bits per heavy atom. The van der Waals surface area contributed by atoms with Gasteiger partial charge in [-0.1, -0.05) is 52.8 Å². The second-order valence-electron chi connectivity index (χ2n) is 6.00. The Bertz CT molecular complexity index is 345. The summed E-state index contributed by atoms with van der Waals surface area (Å²) in [6.07, 6.45) is 2.09. The van der Waals surface area contributed by atoms with Crippen LogP contribution in [0.2, 0.25) is 0 Å². The Kier molecular flexibility index (Phi) is 4.01. The Morgan fingerprint density at radius 1 is 1.19 bits per heavy atom. The summed E-state index contributed by atoms with van der Waals surface area (Å²) in [5.41, 5.74) is 2.15. The van der Waals surface area contributed by atoms with Gasteiger partial charge in [0.2, 0.25) is 0 Å². The molecule has 0 amide bonds. The van der Waals surface area contributed by atoms with E-state index in [1.165, 1.54) is 0 Å². The third-order valence-electron chi connectivity index (χ3n) is 2.92. The molecule has 1 aromatic carbocycles. The summed E-state index contributed by atoms with van der Waals surface area (Å²) in [6.45, 7) is 10.8. The van der Waals surface area contributed by atoms with Crippen molar-refractivity contribution < 1.29 is 5.11 Å². The highest BCUT2D eigenvalue weighted by molar-refractivity contribution is 5.44. The average molecular weight is 220 g/mol. The van der Waals surface area contributed by atoms with Gasteiger partial charge in [0.15, 0.2) is 0 Å². The van der Waals surface area contributed by atoms with E-state index in [0.717, 1.165) is 24.0 Å². The molecule has 0 unspecified atom stereocenters. The molecule has 0 fully saturated rings. The number of para-hydroxylation sites is 1. The molecule has 16 heavy (non-hydrogen) atoms. The number of hydrogen-bond acceptors (Lipinski definition) is 1. The van der Waals surface area contributed by atoms with Crippen LogP contribution in [-0.2, 0) is 11.8 Å². The summed E-state index contributed by atoms with van der Waals surface area (Å²) in [4.78, 5) is 0. The Labute approximate surface area is 99.5 Å². The van der Waals surface area contributed by atoms with E-state index in [1.807, 2.05) is 12.1 Å². The smallest absolute Gasteiger partial charge is 0.122 e. The minimum absolute atomic E-state index is 0.0118. The van der Waals surface area contributed by atoms with Gasteiger partial charge in [0, 0.05) is 0 Å². The van der Waals surface area contributed by atoms with Crippen LogP contribution >= 0.6 is 0 Å². The maximum atomic E-state index is 10.2. The van der Waals surface area contributed by atoms with Gasteiger partial charge >= 0.3 is 0 Å². The lowest BCUT2D eigenvalue weighted by Gasteiger charge is -2.22. The minimum atomic E-state index is 0.0118. The highest BCUT2D eigenvalue weighted by Gasteiger charge is 2.19. The Balaban J connectivity index is 2.96. The van der Waals surface area contributed by atoms with E-state index in [2.05, 4.69) is 40.7 Å². The van der Waals surface area contributed by atoms with E-state index < -0.39 is 0 Å². The summed E-state index contributed by atoms with van der Waals surface area (Å²) < 4.78 is 0. The molecule has 0 saturated heterocycles. The van der Waals surface area contributed by atoms with Crippen molar-refractivity contribution in [2.75, 3.05) is 0 Å². The van der Waals surface area contributed by atoms with Gasteiger partial charge in [0.05, 0.1) is 0 Å². The van der Waals surface area contributed by atoms with Crippen LogP contribution < -0.4 is 0 Å². The zero-order chi connectivity index (χ0) is 12.3. The second-order valence-corrected chi connectivity index (χ2v) is 6.00. The van der Waals surface area contributed by atoms with Crippen LogP contribution in [0.1, 0.15) is 52.2 Å². The lowest BCUT2D eigenvalue weighted by molar-refractivity contribution is 0.437. The lowest BCUT2D eigenvalue weighted by atomic mass is 9.84. The fourth-order valence-electron chi connectivity index (χ4n) is 1.84. The fourth-order valence-corrected chi connectivity index (χ4v) is 1.84. The van der Waals surface area contributed by atoms with E-state index in [0.29, 0.717) is 11.7 Å². The van der Waals surface area contributed by atoms with Crippen molar-refractivity contribution in [3.8, 4) is 5.75 Å². The normalized spacial score (nSPS) is 12.1. The van der Waals surface area contributed by atoms with Crippen LogP contribution in [0.15, 0.2) is 18.2 Å². The fraction of sp³-hybridized carbons (Fsp3) is 0.600. The predicted octanol–water partition coefficient (Wildman–Crippen LogP) is 4.28. The molecule has 0 aliphatic heterocycles. The van der Waals surface area contributed by atoms with E-state index in [1.54, 1.807) is 0 Å². The summed E-state index contributed by atoms with van der Waals surface area (Å²) in [6, 6.07) is 6.11. The van der Waals surface area contributed by atoms with Crippen LogP contribution in [0.5, 0.6) is 5.75 Å². The second kappa shape index (κ2) is 4.90. The zero-order valence-corrected chi connectivity index (χ0v) is 11.2. The van der Waals surface area contributed by atoms with Gasteiger partial charge in [0.25, 0.3) is 0 Å². The summed E-state index contributed by atoms with van der Waals surface area (Å²) in [5, 5.41) is 10.2. The number of rotatable bonds is 3. The number of aryl methyl sites for hydroxylation is 1. The van der Waals surface area contributed by atoms with Gasteiger partial charge in [-0.15, -0.1) is 0 Å². The molecule has 0 aliphatic rings. The average Bonchev–Trinajstić information content (AvgIpc) is 2.14. The van der Waals surface area contributed by atoms with Crippen molar-refractivity contribution in [3.63, 3.8) is 0 Å². The molecule has 0 saturated carbocycles. The summed E-state index contributed by atoms with van der Waals surface area (Å²) >= 11 is 0. The molecule has 1 rings (SSSR count). The first kappa shape index (κ1) is 13.1. The zero-order valence-electron chi connectivity index (χ0n) is 11.2. The van der Waals surface area contributed by atoms with Crippen molar-refractivity contribution in [3.05, 3.63) is 29.3 Å². The van der Waals surface area contributed by atoms with Gasteiger partial charge in [-0.25, -0.2) is 0 Å². The number of phenols is 1. The molecule has 1 N–H and O–H groups in total. The lowest BCUT2D eigenvalue weighted by Crippen LogP contribution is -2.12. The topological polar surface area (TPSA) is 20.2 Å². The van der Waals surface area contributed by atoms with Gasteiger partial charge in [-0.2, -0.15) is 0 Å². The van der Waals surface area contributed by atoms with Crippen LogP contribution in [0.4, 0.5) is 0 Å². The highest BCUT2D eigenvalue weighted by atomic mass is 16.3. The molecule has 0 spiro atoms. The molecule has 1 heteroatoms. The third-order valence-corrected chi connectivity index (χ3v) is 2.92. The van der Waals surface area contributed by atoms with Gasteiger partial charge < -0.3 is 5.11 Å². The molecule has 0 bridgehead atoms. The Hall–Kier alpha value is -0.980. The predicted molar refractivity (Wildman–Crippen MR) is 70.0 cm³/mol. The number of benzene rings is 1. The van der Waals surface area contributed by atoms with Crippen molar-refractivity contribution in [2.45, 2.75) is 52.9 Å². The molecule has 90 valence electrons. The molecular weight excluding hydrogens is 196 g/mol. The first-order chi connectivity index (χ1) is 7.32. The number of aromatic hydroxyl groups is 1. The number of hydrogen-bond donors (Lipinski definition) is 1. The first-order valence-corrected chi connectivity index (χ1v) is 6.13. The monoisotopic (exact) mass is 220 g/mol. The summed E-state index contributed by atoms with van der Waals surface area (Å²) in [5.74, 6) is 1.17. The van der Waals surface area contributed by atoms with Crippen LogP contribution in [0, 0.1) is 5.92 Å². The quantitative estimate of drug-likeness (QED) is 0.806. The van der Waals surface area contributed by atoms with Gasteiger partial charge in [-0.3, -0.25) is 0 Å². The molecule has 0 radical (unpaired) electrons. The maximum Gasteiger partial charge on any atom is 0.122 e. The molecule has 1 nitrogen and oxygen atoms in total. The van der Waals surface area contributed by atoms with Crippen molar-refractivity contribution in [1.82, 2.24) is 0 Å². The largest absolute Gasteiger partial charge is 0.507 e. The highest BCUT2D eigenvalue weighted by Crippen LogP contribution is 2.33. The molecule has 1 aromatic rings. The maximum absolute atomic E-state index is 10.2. The SMILES string of the molecule is CC(C)CCc1cccc(C(C)(C)C)c1O. The third kappa shape index (κ3) is 3.26. The molecule has 0 aliphatic carbocycles. The van der Waals surface area contributed by atoms with Crippen molar-refractivity contribution >= 4 is 0 Å². The molecular formula is C15H24O. The van der Waals surface area contributed by atoms with Crippen LogP contribution in [-0.4, -0.2) is 5.11 Å². The van der Waals surface area contributed by atoms with Crippen molar-refractivity contribution in [1.29, 1.82) is 0 Å². The van der Waals surface area contributed by atoms with E-state index in [4.69, 9.17) is 0 Å². The standard InChI is InChI=1S/C15H24O/c1-11(2)9-10-12-7-6-8-13(14(12)16)15(3,4)5/h6-8,11,16H,9-10H2,1-5H3. The molecule has 0 heterocycles. The molecule has 0 atom stereocenters. The first-order valence-electron chi connectivity index (χ1n) is 6.13.